The lowest BCUT2D eigenvalue weighted by Gasteiger charge is -2.31. The second-order valence-corrected chi connectivity index (χ2v) is 4.39. The van der Waals surface area contributed by atoms with Gasteiger partial charge >= 0.3 is 0 Å². The van der Waals surface area contributed by atoms with Crippen molar-refractivity contribution in [2.24, 2.45) is 11.7 Å². The van der Waals surface area contributed by atoms with E-state index in [4.69, 9.17) is 10.8 Å². The van der Waals surface area contributed by atoms with Crippen molar-refractivity contribution in [1.29, 1.82) is 0 Å². The van der Waals surface area contributed by atoms with Crippen LogP contribution in [-0.2, 0) is 0 Å². The molecule has 0 radical (unpaired) electrons. The van der Waals surface area contributed by atoms with Crippen molar-refractivity contribution >= 4 is 0 Å². The molecule has 0 amide bonds. The Kier molecular flexibility index (Phi) is 4.16. The third-order valence-corrected chi connectivity index (χ3v) is 2.54. The van der Waals surface area contributed by atoms with Crippen molar-refractivity contribution < 1.29 is 5.11 Å². The molecule has 0 spiro atoms. The predicted molar refractivity (Wildman–Crippen MR) is 54.5 cm³/mol. The molecule has 3 nitrogen and oxygen atoms in total. The zero-order valence-corrected chi connectivity index (χ0v) is 8.74. The van der Waals surface area contributed by atoms with Crippen molar-refractivity contribution in [1.82, 2.24) is 4.90 Å². The van der Waals surface area contributed by atoms with E-state index >= 15 is 0 Å². The van der Waals surface area contributed by atoms with Gasteiger partial charge in [0.25, 0.3) is 0 Å². The van der Waals surface area contributed by atoms with Gasteiger partial charge in [-0.1, -0.05) is 13.8 Å². The van der Waals surface area contributed by atoms with E-state index in [2.05, 4.69) is 18.7 Å². The SMILES string of the molecule is CC(C)CN(C(CN)CO)C1CC1. The van der Waals surface area contributed by atoms with Gasteiger partial charge in [0.05, 0.1) is 6.61 Å². The van der Waals surface area contributed by atoms with Gasteiger partial charge in [0.15, 0.2) is 0 Å². The maximum absolute atomic E-state index is 9.16. The number of aliphatic hydroxyl groups excluding tert-OH is 1. The molecular weight excluding hydrogens is 164 g/mol. The van der Waals surface area contributed by atoms with Gasteiger partial charge in [-0.25, -0.2) is 0 Å². The first kappa shape index (κ1) is 11.0. The van der Waals surface area contributed by atoms with Gasteiger partial charge in [-0.05, 0) is 18.8 Å². The third kappa shape index (κ3) is 3.25. The summed E-state index contributed by atoms with van der Waals surface area (Å²) in [6, 6.07) is 0.873. The molecule has 3 heteroatoms. The molecule has 0 heterocycles. The summed E-state index contributed by atoms with van der Waals surface area (Å²) < 4.78 is 0. The Morgan fingerprint density at radius 3 is 2.38 bits per heavy atom. The van der Waals surface area contributed by atoms with E-state index in [9.17, 15) is 0 Å². The highest BCUT2D eigenvalue weighted by atomic mass is 16.3. The number of aliphatic hydroxyl groups is 1. The lowest BCUT2D eigenvalue weighted by molar-refractivity contribution is 0.109. The molecule has 1 rings (SSSR count). The molecule has 1 saturated carbocycles. The number of hydrogen-bond donors (Lipinski definition) is 2. The van der Waals surface area contributed by atoms with Crippen LogP contribution in [0.4, 0.5) is 0 Å². The Bertz CT molecular complexity index is 142. The van der Waals surface area contributed by atoms with Crippen molar-refractivity contribution in [3.05, 3.63) is 0 Å². The quantitative estimate of drug-likeness (QED) is 0.632. The van der Waals surface area contributed by atoms with E-state index < -0.39 is 0 Å². The summed E-state index contributed by atoms with van der Waals surface area (Å²) in [5, 5.41) is 9.16. The zero-order chi connectivity index (χ0) is 9.84. The Morgan fingerprint density at radius 2 is 2.08 bits per heavy atom. The molecule has 1 aliphatic carbocycles. The van der Waals surface area contributed by atoms with Gasteiger partial charge in [-0.3, -0.25) is 4.90 Å². The lowest BCUT2D eigenvalue weighted by atomic mass is 10.1. The van der Waals surface area contributed by atoms with Gasteiger partial charge in [-0.2, -0.15) is 0 Å². The summed E-state index contributed by atoms with van der Waals surface area (Å²) >= 11 is 0. The summed E-state index contributed by atoms with van der Waals surface area (Å²) in [7, 11) is 0. The molecule has 0 saturated heterocycles. The standard InChI is InChI=1S/C10H22N2O/c1-8(2)6-12(9-3-4-9)10(5-11)7-13/h8-10,13H,3-7,11H2,1-2H3. The summed E-state index contributed by atoms with van der Waals surface area (Å²) in [6.45, 7) is 6.24. The van der Waals surface area contributed by atoms with E-state index in [0.717, 1.165) is 6.54 Å². The second-order valence-electron chi connectivity index (χ2n) is 4.39. The molecule has 1 atom stereocenters. The molecule has 3 N–H and O–H groups in total. The van der Waals surface area contributed by atoms with E-state index in [-0.39, 0.29) is 12.6 Å². The van der Waals surface area contributed by atoms with Gasteiger partial charge in [-0.15, -0.1) is 0 Å². The van der Waals surface area contributed by atoms with Gasteiger partial charge in [0.2, 0.25) is 0 Å². The van der Waals surface area contributed by atoms with Crippen LogP contribution in [-0.4, -0.2) is 41.8 Å². The number of nitrogens with zero attached hydrogens (tertiary/aromatic N) is 1. The minimum absolute atomic E-state index is 0.176. The van der Waals surface area contributed by atoms with Crippen molar-refractivity contribution in [2.45, 2.75) is 38.8 Å². The van der Waals surface area contributed by atoms with E-state index in [1.54, 1.807) is 0 Å². The van der Waals surface area contributed by atoms with Crippen LogP contribution in [0.1, 0.15) is 26.7 Å². The van der Waals surface area contributed by atoms with Gasteiger partial charge < -0.3 is 10.8 Å². The third-order valence-electron chi connectivity index (χ3n) is 2.54. The maximum Gasteiger partial charge on any atom is 0.0599 e. The van der Waals surface area contributed by atoms with E-state index in [1.807, 2.05) is 0 Å². The molecule has 0 aliphatic heterocycles. The Labute approximate surface area is 80.9 Å². The van der Waals surface area contributed by atoms with Crippen LogP contribution in [0.5, 0.6) is 0 Å². The summed E-state index contributed by atoms with van der Waals surface area (Å²) in [5.74, 6) is 0.654. The highest BCUT2D eigenvalue weighted by molar-refractivity contribution is 4.89. The Balaban J connectivity index is 2.44. The number of nitrogens with two attached hydrogens (primary N) is 1. The molecule has 0 aromatic rings. The smallest absolute Gasteiger partial charge is 0.0599 e. The molecule has 1 fully saturated rings. The van der Waals surface area contributed by atoms with Crippen LogP contribution in [0.3, 0.4) is 0 Å². The Hall–Kier alpha value is -0.120. The summed E-state index contributed by atoms with van der Waals surface area (Å²) in [6.07, 6.45) is 2.56. The normalized spacial score (nSPS) is 19.8. The molecule has 0 aromatic heterocycles. The minimum Gasteiger partial charge on any atom is -0.395 e. The van der Waals surface area contributed by atoms with Crippen molar-refractivity contribution in [3.63, 3.8) is 0 Å². The largest absolute Gasteiger partial charge is 0.395 e. The van der Waals surface area contributed by atoms with E-state index in [1.165, 1.54) is 12.8 Å². The van der Waals surface area contributed by atoms with Crippen LogP contribution in [0.15, 0.2) is 0 Å². The molecule has 13 heavy (non-hydrogen) atoms. The highest BCUT2D eigenvalue weighted by Gasteiger charge is 2.33. The molecule has 0 aromatic carbocycles. The monoisotopic (exact) mass is 186 g/mol. The van der Waals surface area contributed by atoms with Gasteiger partial charge in [0.1, 0.15) is 0 Å². The number of rotatable bonds is 6. The van der Waals surface area contributed by atoms with Crippen LogP contribution in [0, 0.1) is 5.92 Å². The topological polar surface area (TPSA) is 49.5 Å². The van der Waals surface area contributed by atoms with E-state index in [0.29, 0.717) is 18.5 Å². The average Bonchev–Trinajstić information content (AvgIpc) is 2.86. The first-order valence-electron chi connectivity index (χ1n) is 5.25. The Morgan fingerprint density at radius 1 is 1.46 bits per heavy atom. The fourth-order valence-corrected chi connectivity index (χ4v) is 1.74. The number of hydrogen-bond acceptors (Lipinski definition) is 3. The molecule has 78 valence electrons. The fraction of sp³-hybridized carbons (Fsp3) is 1.00. The van der Waals surface area contributed by atoms with Gasteiger partial charge in [0, 0.05) is 25.2 Å². The maximum atomic E-state index is 9.16. The molecule has 0 bridgehead atoms. The van der Waals surface area contributed by atoms with Crippen LogP contribution >= 0.6 is 0 Å². The molecule has 1 unspecified atom stereocenters. The highest BCUT2D eigenvalue weighted by Crippen LogP contribution is 2.29. The van der Waals surface area contributed by atoms with Crippen molar-refractivity contribution in [3.8, 4) is 0 Å². The van der Waals surface area contributed by atoms with Crippen LogP contribution < -0.4 is 5.73 Å². The first-order chi connectivity index (χ1) is 6.19. The van der Waals surface area contributed by atoms with Crippen molar-refractivity contribution in [2.75, 3.05) is 19.7 Å². The molecule has 1 aliphatic rings. The average molecular weight is 186 g/mol. The fourth-order valence-electron chi connectivity index (χ4n) is 1.74. The second kappa shape index (κ2) is 4.94. The first-order valence-corrected chi connectivity index (χ1v) is 5.25. The molecular formula is C10H22N2O. The van der Waals surface area contributed by atoms with Crippen LogP contribution in [0.25, 0.3) is 0 Å². The summed E-state index contributed by atoms with van der Waals surface area (Å²) in [4.78, 5) is 2.38. The predicted octanol–water partition coefficient (Wildman–Crippen LogP) is 0.426. The van der Waals surface area contributed by atoms with Crippen LogP contribution in [0.2, 0.25) is 0 Å². The summed E-state index contributed by atoms with van der Waals surface area (Å²) in [5.41, 5.74) is 5.62. The zero-order valence-electron chi connectivity index (χ0n) is 8.74. The lowest BCUT2D eigenvalue weighted by Crippen LogP contribution is -2.46. The minimum atomic E-state index is 0.176.